The third-order valence-electron chi connectivity index (χ3n) is 8.81. The molecule has 4 fully saturated rings. The summed E-state index contributed by atoms with van der Waals surface area (Å²) in [6, 6.07) is 11.9. The first-order chi connectivity index (χ1) is 18.3. The molecule has 7 atom stereocenters. The zero-order valence-electron chi connectivity index (χ0n) is 20.1. The highest BCUT2D eigenvalue weighted by Gasteiger charge is 2.67. The van der Waals surface area contributed by atoms with Crippen molar-refractivity contribution in [3.8, 4) is 5.75 Å². The highest BCUT2D eigenvalue weighted by molar-refractivity contribution is 6.22. The SMILES string of the molecule is O=C(Oc1ccc(N2C(=O)[C@@H]3[C@H]4C=C[C@@H]([C@@H]5C[C@H]45)[C@H]3C2=O)cc1)[C@@H]1CC(=O)N(c2ccc([N+](=O)[O-])cc2)C1. The summed E-state index contributed by atoms with van der Waals surface area (Å²) in [6.45, 7) is 0.103. The summed E-state index contributed by atoms with van der Waals surface area (Å²) in [7, 11) is 0. The largest absolute Gasteiger partial charge is 0.426 e. The molecule has 0 radical (unpaired) electrons. The minimum Gasteiger partial charge on any atom is -0.426 e. The van der Waals surface area contributed by atoms with Crippen molar-refractivity contribution in [3.05, 3.63) is 70.8 Å². The summed E-state index contributed by atoms with van der Waals surface area (Å²) >= 11 is 0. The van der Waals surface area contributed by atoms with Crippen molar-refractivity contribution in [2.45, 2.75) is 12.8 Å². The lowest BCUT2D eigenvalue weighted by molar-refractivity contribution is -0.384. The second-order valence-electron chi connectivity index (χ2n) is 10.8. The van der Waals surface area contributed by atoms with Crippen molar-refractivity contribution in [2.75, 3.05) is 16.3 Å². The van der Waals surface area contributed by atoms with Crippen LogP contribution in [0.15, 0.2) is 60.7 Å². The van der Waals surface area contributed by atoms with Gasteiger partial charge in [0.05, 0.1) is 28.4 Å². The van der Waals surface area contributed by atoms with Gasteiger partial charge in [0.2, 0.25) is 17.7 Å². The number of rotatable bonds is 5. The molecule has 38 heavy (non-hydrogen) atoms. The maximum absolute atomic E-state index is 13.3. The van der Waals surface area contributed by atoms with E-state index in [1.165, 1.54) is 34.1 Å². The van der Waals surface area contributed by atoms with E-state index >= 15 is 0 Å². The molecule has 2 heterocycles. The predicted octanol–water partition coefficient (Wildman–Crippen LogP) is 3.11. The number of nitro groups is 1. The number of hydrogen-bond donors (Lipinski definition) is 0. The molecule has 10 heteroatoms. The lowest BCUT2D eigenvalue weighted by Crippen LogP contribution is -2.40. The number of benzene rings is 2. The van der Waals surface area contributed by atoms with E-state index in [0.29, 0.717) is 23.2 Å². The number of nitrogens with zero attached hydrogens (tertiary/aromatic N) is 3. The van der Waals surface area contributed by atoms with E-state index in [2.05, 4.69) is 12.2 Å². The maximum atomic E-state index is 13.3. The summed E-state index contributed by atoms with van der Waals surface area (Å²) in [5, 5.41) is 10.9. The van der Waals surface area contributed by atoms with Crippen LogP contribution in [0.1, 0.15) is 12.8 Å². The van der Waals surface area contributed by atoms with E-state index in [9.17, 15) is 29.3 Å². The molecule has 2 aliphatic heterocycles. The fraction of sp³-hybridized carbons (Fsp3) is 0.357. The number of ether oxygens (including phenoxy) is 1. The average molecular weight is 514 g/mol. The lowest BCUT2D eigenvalue weighted by Gasteiger charge is -2.37. The number of non-ortho nitro benzene ring substituents is 1. The predicted molar refractivity (Wildman–Crippen MR) is 133 cm³/mol. The van der Waals surface area contributed by atoms with E-state index in [1.54, 1.807) is 24.3 Å². The van der Waals surface area contributed by atoms with Crippen LogP contribution in [0.3, 0.4) is 0 Å². The Labute approximate surface area is 217 Å². The molecule has 0 N–H and O–H groups in total. The fourth-order valence-electron chi connectivity index (χ4n) is 6.94. The third-order valence-corrected chi connectivity index (χ3v) is 8.81. The molecule has 4 aliphatic carbocycles. The maximum Gasteiger partial charge on any atom is 0.316 e. The van der Waals surface area contributed by atoms with E-state index < -0.39 is 16.8 Å². The molecule has 6 aliphatic rings. The monoisotopic (exact) mass is 513 g/mol. The van der Waals surface area contributed by atoms with Gasteiger partial charge in [-0.3, -0.25) is 34.2 Å². The Morgan fingerprint density at radius 1 is 0.868 bits per heavy atom. The summed E-state index contributed by atoms with van der Waals surface area (Å²) in [4.78, 5) is 64.9. The van der Waals surface area contributed by atoms with Crippen molar-refractivity contribution in [3.63, 3.8) is 0 Å². The quantitative estimate of drug-likeness (QED) is 0.150. The van der Waals surface area contributed by atoms with Crippen LogP contribution in [0, 0.1) is 51.5 Å². The van der Waals surface area contributed by atoms with Crippen LogP contribution in [0.2, 0.25) is 0 Å². The van der Waals surface area contributed by atoms with Gasteiger partial charge in [-0.1, -0.05) is 12.2 Å². The van der Waals surface area contributed by atoms with Crippen LogP contribution in [0.4, 0.5) is 17.1 Å². The summed E-state index contributed by atoms with van der Waals surface area (Å²) in [6.07, 6.45) is 5.33. The molecule has 3 amide bonds. The number of imide groups is 1. The third kappa shape index (κ3) is 3.32. The second-order valence-corrected chi connectivity index (χ2v) is 10.8. The van der Waals surface area contributed by atoms with Crippen LogP contribution in [-0.2, 0) is 19.2 Å². The first-order valence-corrected chi connectivity index (χ1v) is 12.7. The first-order valence-electron chi connectivity index (χ1n) is 12.7. The Morgan fingerprint density at radius 2 is 1.45 bits per heavy atom. The number of hydrogen-bond acceptors (Lipinski definition) is 7. The van der Waals surface area contributed by atoms with Crippen LogP contribution in [0.5, 0.6) is 5.75 Å². The summed E-state index contributed by atoms with van der Waals surface area (Å²) < 4.78 is 5.51. The molecule has 2 saturated heterocycles. The smallest absolute Gasteiger partial charge is 0.316 e. The Balaban J connectivity index is 1.02. The Bertz CT molecular complexity index is 1400. The minimum atomic E-state index is -0.698. The minimum absolute atomic E-state index is 0.0359. The summed E-state index contributed by atoms with van der Waals surface area (Å²) in [5.74, 6) is -0.789. The molecule has 2 saturated carbocycles. The molecule has 0 aromatic heterocycles. The van der Waals surface area contributed by atoms with Gasteiger partial charge in [0, 0.05) is 30.8 Å². The van der Waals surface area contributed by atoms with E-state index in [0.717, 1.165) is 6.42 Å². The number of esters is 1. The number of allylic oxidation sites excluding steroid dienone is 2. The first kappa shape index (κ1) is 22.8. The topological polar surface area (TPSA) is 127 Å². The van der Waals surface area contributed by atoms with E-state index in [4.69, 9.17) is 4.74 Å². The zero-order valence-corrected chi connectivity index (χ0v) is 20.1. The molecule has 0 spiro atoms. The molecule has 8 rings (SSSR count). The molecule has 2 aromatic carbocycles. The molecular weight excluding hydrogens is 490 g/mol. The number of amides is 3. The van der Waals surface area contributed by atoms with Gasteiger partial charge in [-0.2, -0.15) is 0 Å². The van der Waals surface area contributed by atoms with Crippen LogP contribution < -0.4 is 14.5 Å². The standard InChI is InChI=1S/C28H23N3O7/c32-23-11-14(13-29(23)15-1-3-17(4-2-15)31(36)37)28(35)38-18-7-5-16(6-8-18)30-26(33)24-19-9-10-20(22-12-21(19)22)25(24)27(30)34/h1-10,14,19-22,24-25H,11-13H2/t14-,19+,20+,21-,22+,24-,25-/m1/s1. The van der Waals surface area contributed by atoms with Crippen molar-refractivity contribution in [2.24, 2.45) is 41.4 Å². The van der Waals surface area contributed by atoms with Crippen molar-refractivity contribution in [1.29, 1.82) is 0 Å². The Kier molecular flexibility index (Phi) is 4.85. The normalized spacial score (nSPS) is 32.4. The average Bonchev–Trinajstić information content (AvgIpc) is 3.59. The van der Waals surface area contributed by atoms with Crippen molar-refractivity contribution < 1.29 is 28.8 Å². The van der Waals surface area contributed by atoms with Crippen molar-refractivity contribution >= 4 is 40.8 Å². The highest BCUT2D eigenvalue weighted by atomic mass is 16.6. The van der Waals surface area contributed by atoms with E-state index in [1.807, 2.05) is 0 Å². The van der Waals surface area contributed by atoms with Crippen LogP contribution in [-0.4, -0.2) is 35.2 Å². The molecular formula is C28H23N3O7. The summed E-state index contributed by atoms with van der Waals surface area (Å²) in [5.41, 5.74) is 0.848. The number of carbonyl (C=O) groups is 4. The molecule has 2 aromatic rings. The van der Waals surface area contributed by atoms with Crippen molar-refractivity contribution in [1.82, 2.24) is 0 Å². The van der Waals surface area contributed by atoms with Gasteiger partial charge >= 0.3 is 5.97 Å². The van der Waals surface area contributed by atoms with Gasteiger partial charge in [-0.25, -0.2) is 0 Å². The van der Waals surface area contributed by atoms with Gasteiger partial charge in [0.1, 0.15) is 5.75 Å². The number of carbonyl (C=O) groups excluding carboxylic acids is 4. The Hall–Kier alpha value is -4.34. The van der Waals surface area contributed by atoms with E-state index in [-0.39, 0.29) is 65.8 Å². The van der Waals surface area contributed by atoms with Gasteiger partial charge in [-0.05, 0) is 66.5 Å². The van der Waals surface area contributed by atoms with Gasteiger partial charge in [-0.15, -0.1) is 0 Å². The van der Waals surface area contributed by atoms with Crippen LogP contribution >= 0.6 is 0 Å². The number of anilines is 2. The lowest BCUT2D eigenvalue weighted by atomic mass is 9.63. The highest BCUT2D eigenvalue weighted by Crippen LogP contribution is 2.65. The van der Waals surface area contributed by atoms with Gasteiger partial charge in [0.25, 0.3) is 5.69 Å². The molecule has 0 unspecified atom stereocenters. The fourth-order valence-corrected chi connectivity index (χ4v) is 6.94. The van der Waals surface area contributed by atoms with Crippen LogP contribution in [0.25, 0.3) is 0 Å². The second kappa shape index (κ2) is 8.08. The molecule has 10 nitrogen and oxygen atoms in total. The zero-order chi connectivity index (χ0) is 26.3. The van der Waals surface area contributed by atoms with Gasteiger partial charge < -0.3 is 9.64 Å². The van der Waals surface area contributed by atoms with Gasteiger partial charge in [0.15, 0.2) is 0 Å². The molecule has 192 valence electrons. The number of nitro benzene ring substituents is 1. The molecule has 2 bridgehead atoms. The Morgan fingerprint density at radius 3 is 2.03 bits per heavy atom.